The van der Waals surface area contributed by atoms with Crippen LogP contribution in [0.25, 0.3) is 10.9 Å². The van der Waals surface area contributed by atoms with Gasteiger partial charge in [-0.1, -0.05) is 36.7 Å². The molecule has 2 aromatic rings. The predicted octanol–water partition coefficient (Wildman–Crippen LogP) is 4.48. The molecular weight excluding hydrogens is 422 g/mol. The smallest absolute Gasteiger partial charge is 0.262 e. The molecule has 4 rings (SSSR count). The summed E-state index contributed by atoms with van der Waals surface area (Å²) in [5, 5.41) is 1.25. The molecule has 1 aliphatic heterocycles. The number of fused-ring (bicyclic) bond motifs is 2. The third-order valence-corrected chi connectivity index (χ3v) is 7.65. The second kappa shape index (κ2) is 10.8. The van der Waals surface area contributed by atoms with Crippen LogP contribution in [0.3, 0.4) is 0 Å². The highest BCUT2D eigenvalue weighted by Crippen LogP contribution is 2.35. The van der Waals surface area contributed by atoms with E-state index >= 15 is 0 Å². The molecule has 2 aliphatic rings. The van der Waals surface area contributed by atoms with E-state index in [1.54, 1.807) is 4.57 Å². The Morgan fingerprint density at radius 1 is 1.19 bits per heavy atom. The summed E-state index contributed by atoms with van der Waals surface area (Å²) in [5.41, 5.74) is 0.646. The van der Waals surface area contributed by atoms with Crippen LogP contribution in [0.4, 0.5) is 0 Å². The van der Waals surface area contributed by atoms with Crippen molar-refractivity contribution in [3.05, 3.63) is 34.6 Å². The third-order valence-electron chi connectivity index (χ3n) is 6.69. The Balaban J connectivity index is 1.50. The van der Waals surface area contributed by atoms with Crippen LogP contribution in [0, 0.1) is 5.92 Å². The number of hydrogen-bond acceptors (Lipinski definition) is 5. The number of rotatable bonds is 8. The van der Waals surface area contributed by atoms with E-state index in [0.717, 1.165) is 25.8 Å². The van der Waals surface area contributed by atoms with Crippen molar-refractivity contribution in [3.63, 3.8) is 0 Å². The number of benzene rings is 1. The molecule has 1 aromatic heterocycles. The Bertz CT molecular complexity index is 988. The van der Waals surface area contributed by atoms with E-state index in [2.05, 4.69) is 4.90 Å². The molecule has 0 spiro atoms. The molecule has 0 bridgehead atoms. The summed E-state index contributed by atoms with van der Waals surface area (Å²) in [6.45, 7) is 6.01. The number of carbonyl (C=O) groups excluding carboxylic acids is 1. The van der Waals surface area contributed by atoms with Gasteiger partial charge in [-0.05, 0) is 64.0 Å². The van der Waals surface area contributed by atoms with Crippen molar-refractivity contribution >= 4 is 28.6 Å². The normalized spacial score (nSPS) is 21.2. The molecule has 6 nitrogen and oxygen atoms in total. The quantitative estimate of drug-likeness (QED) is 0.332. The lowest BCUT2D eigenvalue weighted by molar-refractivity contribution is -0.134. The van der Waals surface area contributed by atoms with Gasteiger partial charge in [-0.3, -0.25) is 14.2 Å². The van der Waals surface area contributed by atoms with E-state index in [-0.39, 0.29) is 17.6 Å². The zero-order valence-electron chi connectivity index (χ0n) is 19.3. The van der Waals surface area contributed by atoms with Crippen molar-refractivity contribution in [2.45, 2.75) is 82.6 Å². The van der Waals surface area contributed by atoms with Gasteiger partial charge in [0.05, 0.1) is 22.8 Å². The van der Waals surface area contributed by atoms with Crippen LogP contribution < -0.4 is 5.56 Å². The first-order valence-electron chi connectivity index (χ1n) is 12.1. The van der Waals surface area contributed by atoms with Crippen LogP contribution in [0.1, 0.15) is 58.8 Å². The van der Waals surface area contributed by atoms with Crippen molar-refractivity contribution in [1.29, 1.82) is 0 Å². The van der Waals surface area contributed by atoms with E-state index in [0.29, 0.717) is 46.9 Å². The Hall–Kier alpha value is -1.86. The first-order valence-corrected chi connectivity index (χ1v) is 13.1. The molecule has 1 aliphatic carbocycles. The largest absolute Gasteiger partial charge is 0.379 e. The number of nitrogens with zero attached hydrogens (tertiary/aromatic N) is 3. The fraction of sp³-hybridized carbons (Fsp3) is 0.640. The zero-order chi connectivity index (χ0) is 22.5. The van der Waals surface area contributed by atoms with Gasteiger partial charge in [0.2, 0.25) is 5.91 Å². The molecule has 1 aromatic carbocycles. The summed E-state index contributed by atoms with van der Waals surface area (Å²) in [6, 6.07) is 7.86. The number of aromatic nitrogens is 2. The maximum absolute atomic E-state index is 13.2. The van der Waals surface area contributed by atoms with Gasteiger partial charge in [0.25, 0.3) is 5.56 Å². The molecular formula is C25H35N3O3S. The topological polar surface area (TPSA) is 64.4 Å². The summed E-state index contributed by atoms with van der Waals surface area (Å²) < 4.78 is 7.38. The van der Waals surface area contributed by atoms with Gasteiger partial charge in [0.1, 0.15) is 0 Å². The minimum atomic E-state index is -0.0413. The van der Waals surface area contributed by atoms with E-state index in [9.17, 15) is 9.59 Å². The molecule has 1 saturated carbocycles. The number of amides is 1. The fourth-order valence-electron chi connectivity index (χ4n) is 5.14. The van der Waals surface area contributed by atoms with Crippen molar-refractivity contribution in [1.82, 2.24) is 14.5 Å². The van der Waals surface area contributed by atoms with Gasteiger partial charge in [0, 0.05) is 25.7 Å². The number of thioether (sulfide) groups is 1. The average molecular weight is 458 g/mol. The van der Waals surface area contributed by atoms with Crippen molar-refractivity contribution < 1.29 is 9.53 Å². The Kier molecular flexibility index (Phi) is 7.89. The second-order valence-electron chi connectivity index (χ2n) is 9.27. The lowest BCUT2D eigenvalue weighted by Crippen LogP contribution is -2.50. The number of hydrogen-bond donors (Lipinski definition) is 0. The second-order valence-corrected chi connectivity index (χ2v) is 10.2. The molecule has 174 valence electrons. The van der Waals surface area contributed by atoms with Crippen LogP contribution in [-0.4, -0.2) is 51.4 Å². The highest BCUT2D eigenvalue weighted by atomic mass is 32.2. The Labute approximate surface area is 194 Å². The minimum Gasteiger partial charge on any atom is -0.379 e. The standard InChI is InChI=1S/C25H35N3O3S/c1-18(2)31-16-8-15-28-24(30)20-11-4-5-12-21(20)26-25(28)32-17-23(29)27-14-7-10-19-9-3-6-13-22(19)27/h4-5,11-12,18-19,22H,3,6-10,13-17H2,1-2H3. The average Bonchev–Trinajstić information content (AvgIpc) is 2.81. The highest BCUT2D eigenvalue weighted by molar-refractivity contribution is 7.99. The lowest BCUT2D eigenvalue weighted by Gasteiger charge is -2.44. The summed E-state index contributed by atoms with van der Waals surface area (Å²) in [6.07, 6.45) is 8.17. The molecule has 32 heavy (non-hydrogen) atoms. The number of carbonyl (C=O) groups is 1. The van der Waals surface area contributed by atoms with Gasteiger partial charge in [-0.25, -0.2) is 4.98 Å². The molecule has 0 radical (unpaired) electrons. The van der Waals surface area contributed by atoms with E-state index < -0.39 is 0 Å². The van der Waals surface area contributed by atoms with Crippen molar-refractivity contribution in [2.75, 3.05) is 18.9 Å². The van der Waals surface area contributed by atoms with E-state index in [1.807, 2.05) is 38.1 Å². The van der Waals surface area contributed by atoms with Crippen LogP contribution in [-0.2, 0) is 16.1 Å². The number of likely N-dealkylation sites (tertiary alicyclic amines) is 1. The molecule has 7 heteroatoms. The van der Waals surface area contributed by atoms with Crippen LogP contribution in [0.2, 0.25) is 0 Å². The van der Waals surface area contributed by atoms with Crippen molar-refractivity contribution in [3.8, 4) is 0 Å². The Morgan fingerprint density at radius 2 is 1.97 bits per heavy atom. The summed E-state index contributed by atoms with van der Waals surface area (Å²) in [5.74, 6) is 1.18. The SMILES string of the molecule is CC(C)OCCCn1c(SCC(=O)N2CCCC3CCCCC32)nc2ccccc2c1=O. The third kappa shape index (κ3) is 5.37. The number of piperidine rings is 1. The molecule has 2 atom stereocenters. The van der Waals surface area contributed by atoms with E-state index in [1.165, 1.54) is 37.4 Å². The molecule has 2 heterocycles. The first-order chi connectivity index (χ1) is 15.5. The van der Waals surface area contributed by atoms with Gasteiger partial charge < -0.3 is 9.64 Å². The number of ether oxygens (including phenoxy) is 1. The highest BCUT2D eigenvalue weighted by Gasteiger charge is 2.35. The molecule has 2 fully saturated rings. The maximum atomic E-state index is 13.2. The molecule has 2 unspecified atom stereocenters. The van der Waals surface area contributed by atoms with Crippen molar-refractivity contribution in [2.24, 2.45) is 5.92 Å². The van der Waals surface area contributed by atoms with Crippen LogP contribution >= 0.6 is 11.8 Å². The van der Waals surface area contributed by atoms with Gasteiger partial charge >= 0.3 is 0 Å². The first kappa shape index (κ1) is 23.3. The monoisotopic (exact) mass is 457 g/mol. The fourth-order valence-corrected chi connectivity index (χ4v) is 6.05. The number of para-hydroxylation sites is 1. The predicted molar refractivity (Wildman–Crippen MR) is 129 cm³/mol. The van der Waals surface area contributed by atoms with Gasteiger partial charge in [0.15, 0.2) is 5.16 Å². The Morgan fingerprint density at radius 3 is 2.81 bits per heavy atom. The van der Waals surface area contributed by atoms with Gasteiger partial charge in [-0.2, -0.15) is 0 Å². The summed E-state index contributed by atoms with van der Waals surface area (Å²) in [4.78, 5) is 33.3. The maximum Gasteiger partial charge on any atom is 0.262 e. The van der Waals surface area contributed by atoms with E-state index in [4.69, 9.17) is 9.72 Å². The molecule has 0 N–H and O–H groups in total. The molecule has 1 saturated heterocycles. The summed E-state index contributed by atoms with van der Waals surface area (Å²) >= 11 is 1.40. The van der Waals surface area contributed by atoms with Gasteiger partial charge in [-0.15, -0.1) is 0 Å². The lowest BCUT2D eigenvalue weighted by atomic mass is 9.78. The van der Waals surface area contributed by atoms with Crippen LogP contribution in [0.5, 0.6) is 0 Å². The minimum absolute atomic E-state index is 0.0413. The summed E-state index contributed by atoms with van der Waals surface area (Å²) in [7, 11) is 0. The van der Waals surface area contributed by atoms with Crippen LogP contribution in [0.15, 0.2) is 34.2 Å². The zero-order valence-corrected chi connectivity index (χ0v) is 20.1. The molecule has 1 amide bonds.